The van der Waals surface area contributed by atoms with E-state index in [1.807, 2.05) is 48.2 Å². The first-order chi connectivity index (χ1) is 13.9. The molecule has 0 bridgehead atoms. The second-order valence-electron chi connectivity index (χ2n) is 8.32. The first-order valence-corrected chi connectivity index (χ1v) is 10.5. The molecule has 1 amide bonds. The van der Waals surface area contributed by atoms with Gasteiger partial charge in [-0.15, -0.1) is 0 Å². The first kappa shape index (κ1) is 20.0. The number of hydrogen-bond donors (Lipinski definition) is 2. The number of nitrogens with zero attached hydrogens (tertiary/aromatic N) is 1. The summed E-state index contributed by atoms with van der Waals surface area (Å²) in [6, 6.07) is 13.7. The minimum absolute atomic E-state index is 0.0566. The molecule has 0 saturated carbocycles. The summed E-state index contributed by atoms with van der Waals surface area (Å²) in [5.74, 6) is 0.0566. The van der Waals surface area contributed by atoms with E-state index in [1.165, 1.54) is 5.56 Å². The highest BCUT2D eigenvalue weighted by molar-refractivity contribution is 6.31. The van der Waals surface area contributed by atoms with Crippen molar-refractivity contribution in [3.05, 3.63) is 69.9 Å². The largest absolute Gasteiger partial charge is 0.396 e. The fourth-order valence-electron chi connectivity index (χ4n) is 4.45. The Bertz CT molecular complexity index is 1050. The number of aliphatic hydroxyl groups is 1. The van der Waals surface area contributed by atoms with Crippen molar-refractivity contribution in [1.82, 2.24) is 9.88 Å². The predicted molar refractivity (Wildman–Crippen MR) is 118 cm³/mol. The number of aromatic nitrogens is 1. The lowest BCUT2D eigenvalue weighted by Gasteiger charge is -2.41. The molecule has 2 aromatic carbocycles. The molecule has 1 aromatic heterocycles. The van der Waals surface area contributed by atoms with Crippen molar-refractivity contribution >= 4 is 28.4 Å². The van der Waals surface area contributed by atoms with E-state index in [9.17, 15) is 9.90 Å². The number of aryl methyl sites for hydroxylation is 2. The highest BCUT2D eigenvalue weighted by Crippen LogP contribution is 2.37. The molecule has 3 aromatic rings. The number of fused-ring (bicyclic) bond motifs is 1. The van der Waals surface area contributed by atoms with Gasteiger partial charge in [-0.2, -0.15) is 0 Å². The van der Waals surface area contributed by atoms with Crippen molar-refractivity contribution < 1.29 is 9.90 Å². The number of rotatable bonds is 4. The van der Waals surface area contributed by atoms with Gasteiger partial charge in [-0.05, 0) is 56.4 Å². The van der Waals surface area contributed by atoms with E-state index in [0.717, 1.165) is 52.0 Å². The van der Waals surface area contributed by atoms with Gasteiger partial charge in [-0.3, -0.25) is 4.79 Å². The summed E-state index contributed by atoms with van der Waals surface area (Å²) in [6.07, 6.45) is 2.26. The van der Waals surface area contributed by atoms with E-state index < -0.39 is 0 Å². The number of H-pyrrole nitrogens is 1. The van der Waals surface area contributed by atoms with Crippen molar-refractivity contribution in [2.75, 3.05) is 19.7 Å². The number of likely N-dealkylation sites (tertiary alicyclic amines) is 1. The van der Waals surface area contributed by atoms with Crippen LogP contribution in [0.1, 0.15) is 40.0 Å². The third kappa shape index (κ3) is 3.67. The lowest BCUT2D eigenvalue weighted by Crippen LogP contribution is -2.45. The Labute approximate surface area is 176 Å². The molecule has 0 unspecified atom stereocenters. The van der Waals surface area contributed by atoms with Gasteiger partial charge in [-0.25, -0.2) is 0 Å². The van der Waals surface area contributed by atoms with Crippen LogP contribution in [0.2, 0.25) is 5.02 Å². The number of amides is 1. The van der Waals surface area contributed by atoms with Crippen molar-refractivity contribution in [3.63, 3.8) is 0 Å². The molecule has 1 aliphatic heterocycles. The number of carbonyl (C=O) groups is 1. The smallest absolute Gasteiger partial charge is 0.255 e. The van der Waals surface area contributed by atoms with Crippen molar-refractivity contribution in [2.45, 2.75) is 33.1 Å². The van der Waals surface area contributed by atoms with Crippen molar-refractivity contribution in [2.24, 2.45) is 5.41 Å². The number of benzene rings is 2. The fraction of sp³-hybridized carbons (Fsp3) is 0.375. The molecular weight excluding hydrogens is 384 g/mol. The average molecular weight is 411 g/mol. The van der Waals surface area contributed by atoms with Gasteiger partial charge in [0.15, 0.2) is 0 Å². The van der Waals surface area contributed by atoms with Crippen LogP contribution in [0.3, 0.4) is 0 Å². The van der Waals surface area contributed by atoms with E-state index in [2.05, 4.69) is 18.0 Å². The van der Waals surface area contributed by atoms with Crippen LogP contribution < -0.4 is 0 Å². The van der Waals surface area contributed by atoms with Crippen LogP contribution in [-0.4, -0.2) is 40.6 Å². The second-order valence-corrected chi connectivity index (χ2v) is 8.73. The van der Waals surface area contributed by atoms with Gasteiger partial charge in [0.2, 0.25) is 0 Å². The molecule has 2 heterocycles. The van der Waals surface area contributed by atoms with E-state index in [1.54, 1.807) is 0 Å². The van der Waals surface area contributed by atoms with Gasteiger partial charge in [-0.1, -0.05) is 41.9 Å². The molecular formula is C24H27ClN2O2. The quantitative estimate of drug-likeness (QED) is 0.643. The van der Waals surface area contributed by atoms with Crippen LogP contribution >= 0.6 is 11.6 Å². The van der Waals surface area contributed by atoms with Gasteiger partial charge in [0.05, 0.1) is 11.1 Å². The molecule has 5 heteroatoms. The fourth-order valence-corrected chi connectivity index (χ4v) is 4.65. The van der Waals surface area contributed by atoms with Crippen LogP contribution in [0, 0.1) is 19.3 Å². The Balaban J connectivity index is 1.53. The SMILES string of the molecule is Cc1[nH]c2c(C(=O)N3CCC(CO)(Cc4ccccc4Cl)CC3)cccc2c1C. The molecule has 1 aliphatic rings. The van der Waals surface area contributed by atoms with Gasteiger partial charge < -0.3 is 15.0 Å². The molecule has 4 nitrogen and oxygen atoms in total. The Morgan fingerprint density at radius 1 is 1.14 bits per heavy atom. The minimum atomic E-state index is -0.229. The summed E-state index contributed by atoms with van der Waals surface area (Å²) in [4.78, 5) is 18.6. The summed E-state index contributed by atoms with van der Waals surface area (Å²) >= 11 is 6.34. The maximum atomic E-state index is 13.3. The standard InChI is InChI=1S/C24H27ClN2O2/c1-16-17(2)26-22-19(16)7-5-8-20(22)23(29)27-12-10-24(15-28,11-13-27)14-18-6-3-4-9-21(18)25/h3-9,26,28H,10-15H2,1-2H3. The molecule has 1 saturated heterocycles. The van der Waals surface area contributed by atoms with Crippen molar-refractivity contribution in [1.29, 1.82) is 0 Å². The molecule has 4 rings (SSSR count). The van der Waals surface area contributed by atoms with Gasteiger partial charge in [0, 0.05) is 41.2 Å². The number of carbonyl (C=O) groups excluding carboxylic acids is 1. The summed E-state index contributed by atoms with van der Waals surface area (Å²) in [5, 5.41) is 12.0. The normalized spacial score (nSPS) is 16.3. The predicted octanol–water partition coefficient (Wildman–Crippen LogP) is 4.90. The van der Waals surface area contributed by atoms with Crippen LogP contribution in [0.4, 0.5) is 0 Å². The lowest BCUT2D eigenvalue weighted by atomic mass is 9.74. The zero-order valence-electron chi connectivity index (χ0n) is 17.0. The number of piperidine rings is 1. The second kappa shape index (κ2) is 7.85. The number of para-hydroxylation sites is 1. The van der Waals surface area contributed by atoms with Crippen LogP contribution in [0.5, 0.6) is 0 Å². The number of aromatic amines is 1. The Morgan fingerprint density at radius 2 is 1.86 bits per heavy atom. The number of hydrogen-bond acceptors (Lipinski definition) is 2. The number of nitrogens with one attached hydrogen (secondary N) is 1. The zero-order chi connectivity index (χ0) is 20.6. The summed E-state index contributed by atoms with van der Waals surface area (Å²) in [7, 11) is 0. The highest BCUT2D eigenvalue weighted by atomic mass is 35.5. The molecule has 2 N–H and O–H groups in total. The third-order valence-corrected chi connectivity index (χ3v) is 6.91. The Kier molecular flexibility index (Phi) is 5.41. The molecule has 152 valence electrons. The number of aliphatic hydroxyl groups excluding tert-OH is 1. The molecule has 0 radical (unpaired) electrons. The van der Waals surface area contributed by atoms with Gasteiger partial charge >= 0.3 is 0 Å². The summed E-state index contributed by atoms with van der Waals surface area (Å²) in [5.41, 5.74) is 4.76. The minimum Gasteiger partial charge on any atom is -0.396 e. The van der Waals surface area contributed by atoms with Crippen LogP contribution in [-0.2, 0) is 6.42 Å². The van der Waals surface area contributed by atoms with E-state index in [-0.39, 0.29) is 17.9 Å². The molecule has 0 aliphatic carbocycles. The summed E-state index contributed by atoms with van der Waals surface area (Å²) in [6.45, 7) is 5.49. The maximum absolute atomic E-state index is 13.3. The zero-order valence-corrected chi connectivity index (χ0v) is 17.7. The Hall–Kier alpha value is -2.30. The lowest BCUT2D eigenvalue weighted by molar-refractivity contribution is 0.0359. The van der Waals surface area contributed by atoms with Crippen LogP contribution in [0.25, 0.3) is 10.9 Å². The van der Waals surface area contributed by atoms with Gasteiger partial charge in [0.25, 0.3) is 5.91 Å². The van der Waals surface area contributed by atoms with E-state index in [4.69, 9.17) is 11.6 Å². The average Bonchev–Trinajstić information content (AvgIpc) is 3.04. The molecule has 0 spiro atoms. The van der Waals surface area contributed by atoms with E-state index >= 15 is 0 Å². The highest BCUT2D eigenvalue weighted by Gasteiger charge is 2.36. The van der Waals surface area contributed by atoms with E-state index in [0.29, 0.717) is 13.1 Å². The maximum Gasteiger partial charge on any atom is 0.255 e. The van der Waals surface area contributed by atoms with Crippen molar-refractivity contribution in [3.8, 4) is 0 Å². The third-order valence-electron chi connectivity index (χ3n) is 6.54. The number of halogens is 1. The first-order valence-electron chi connectivity index (χ1n) is 10.2. The topological polar surface area (TPSA) is 56.3 Å². The molecule has 1 fully saturated rings. The monoisotopic (exact) mass is 410 g/mol. The Morgan fingerprint density at radius 3 is 2.55 bits per heavy atom. The molecule has 0 atom stereocenters. The van der Waals surface area contributed by atoms with Gasteiger partial charge in [0.1, 0.15) is 0 Å². The summed E-state index contributed by atoms with van der Waals surface area (Å²) < 4.78 is 0. The van der Waals surface area contributed by atoms with Crippen LogP contribution in [0.15, 0.2) is 42.5 Å². The molecule has 29 heavy (non-hydrogen) atoms.